The highest BCUT2D eigenvalue weighted by Crippen LogP contribution is 2.48. The quantitative estimate of drug-likeness (QED) is 0.940. The largest absolute Gasteiger partial charge is 0.480 e. The maximum absolute atomic E-state index is 12.3. The molecule has 0 bridgehead atoms. The van der Waals surface area contributed by atoms with Crippen molar-refractivity contribution >= 4 is 22.9 Å². The summed E-state index contributed by atoms with van der Waals surface area (Å²) >= 11 is 1.67. The molecule has 2 heterocycles. The summed E-state index contributed by atoms with van der Waals surface area (Å²) in [5.41, 5.74) is 2.91. The first-order valence-corrected chi connectivity index (χ1v) is 7.47. The Labute approximate surface area is 121 Å². The Balaban J connectivity index is 1.70. The number of rotatable bonds is 4. The lowest BCUT2D eigenvalue weighted by molar-refractivity contribution is -0.117. The number of anilines is 1. The monoisotopic (exact) mass is 288 g/mol. The maximum Gasteiger partial charge on any atom is 0.237 e. The molecule has 1 amide bonds. The molecule has 2 aromatic rings. The van der Waals surface area contributed by atoms with Crippen molar-refractivity contribution in [2.45, 2.75) is 19.3 Å². The number of aryl methyl sites for hydroxylation is 1. The molecular weight excluding hydrogens is 272 g/mol. The summed E-state index contributed by atoms with van der Waals surface area (Å²) in [6, 6.07) is 3.98. The molecule has 3 rings (SSSR count). The second-order valence-corrected chi connectivity index (χ2v) is 5.84. The molecular formula is C15H16N2O2S. The maximum atomic E-state index is 12.3. The third-order valence-electron chi connectivity index (χ3n) is 3.54. The van der Waals surface area contributed by atoms with Crippen molar-refractivity contribution in [3.05, 3.63) is 40.2 Å². The van der Waals surface area contributed by atoms with Crippen LogP contribution >= 0.6 is 11.3 Å². The summed E-state index contributed by atoms with van der Waals surface area (Å²) < 4.78 is 5.18. The first kappa shape index (κ1) is 13.1. The molecule has 2 aromatic heterocycles. The number of carbonyl (C=O) groups is 1. The standard InChI is InChI=1S/C15H16N2O2S/c1-9-5-13(15(19-2)16-7-9)17-14(18)12-6-11(12)10-3-4-20-8-10/h3-5,7-8,11-12H,6H2,1-2H3,(H,17,18)/t11-,12+/m0/s1. The third-order valence-corrected chi connectivity index (χ3v) is 4.24. The zero-order valence-electron chi connectivity index (χ0n) is 11.4. The Morgan fingerprint density at radius 3 is 3.10 bits per heavy atom. The minimum atomic E-state index is 0.0481. The number of nitrogens with zero attached hydrogens (tertiary/aromatic N) is 1. The molecule has 0 aliphatic heterocycles. The van der Waals surface area contributed by atoms with E-state index in [-0.39, 0.29) is 11.8 Å². The van der Waals surface area contributed by atoms with Crippen LogP contribution in [-0.4, -0.2) is 18.0 Å². The summed E-state index contributed by atoms with van der Waals surface area (Å²) in [7, 11) is 1.55. The van der Waals surface area contributed by atoms with Gasteiger partial charge in [0.2, 0.25) is 11.8 Å². The lowest BCUT2D eigenvalue weighted by Crippen LogP contribution is -2.15. The molecule has 1 fully saturated rings. The molecule has 2 atom stereocenters. The molecule has 0 radical (unpaired) electrons. The van der Waals surface area contributed by atoms with Gasteiger partial charge in [0.25, 0.3) is 0 Å². The van der Waals surface area contributed by atoms with Crippen molar-refractivity contribution in [2.24, 2.45) is 5.92 Å². The van der Waals surface area contributed by atoms with Crippen molar-refractivity contribution in [1.29, 1.82) is 0 Å². The summed E-state index contributed by atoms with van der Waals surface area (Å²) in [5.74, 6) is 0.934. The second kappa shape index (κ2) is 5.25. The van der Waals surface area contributed by atoms with Crippen molar-refractivity contribution < 1.29 is 9.53 Å². The predicted molar refractivity (Wildman–Crippen MR) is 79.3 cm³/mol. The van der Waals surface area contributed by atoms with Gasteiger partial charge in [-0.15, -0.1) is 0 Å². The van der Waals surface area contributed by atoms with Crippen LogP contribution in [0.5, 0.6) is 5.88 Å². The molecule has 0 aromatic carbocycles. The van der Waals surface area contributed by atoms with E-state index in [0.29, 0.717) is 17.5 Å². The number of aromatic nitrogens is 1. The highest BCUT2D eigenvalue weighted by atomic mass is 32.1. The van der Waals surface area contributed by atoms with Gasteiger partial charge in [-0.2, -0.15) is 11.3 Å². The fourth-order valence-corrected chi connectivity index (χ4v) is 3.10. The smallest absolute Gasteiger partial charge is 0.237 e. The molecule has 1 saturated carbocycles. The van der Waals surface area contributed by atoms with Crippen LogP contribution in [-0.2, 0) is 4.79 Å². The molecule has 1 aliphatic carbocycles. The minimum absolute atomic E-state index is 0.0481. The molecule has 20 heavy (non-hydrogen) atoms. The topological polar surface area (TPSA) is 51.2 Å². The Morgan fingerprint density at radius 2 is 2.40 bits per heavy atom. The van der Waals surface area contributed by atoms with Crippen LogP contribution in [0.25, 0.3) is 0 Å². The lowest BCUT2D eigenvalue weighted by atomic mass is 10.2. The number of amides is 1. The fourth-order valence-electron chi connectivity index (χ4n) is 2.37. The molecule has 104 valence electrons. The first-order chi connectivity index (χ1) is 9.69. The van der Waals surface area contributed by atoms with Gasteiger partial charge in [-0.25, -0.2) is 4.98 Å². The number of nitrogens with one attached hydrogen (secondary N) is 1. The van der Waals surface area contributed by atoms with Gasteiger partial charge < -0.3 is 10.1 Å². The van der Waals surface area contributed by atoms with E-state index in [1.165, 1.54) is 5.56 Å². The number of pyridine rings is 1. The van der Waals surface area contributed by atoms with Crippen LogP contribution in [0.3, 0.4) is 0 Å². The highest BCUT2D eigenvalue weighted by molar-refractivity contribution is 7.08. The Morgan fingerprint density at radius 1 is 1.55 bits per heavy atom. The van der Waals surface area contributed by atoms with Crippen molar-refractivity contribution in [3.8, 4) is 5.88 Å². The summed E-state index contributed by atoms with van der Waals surface area (Å²) in [5, 5.41) is 7.10. The van der Waals surface area contributed by atoms with Gasteiger partial charge in [0.1, 0.15) is 5.69 Å². The Hall–Kier alpha value is -1.88. The van der Waals surface area contributed by atoms with E-state index in [1.54, 1.807) is 24.6 Å². The van der Waals surface area contributed by atoms with Gasteiger partial charge in [-0.05, 0) is 53.3 Å². The summed E-state index contributed by atoms with van der Waals surface area (Å²) in [6.07, 6.45) is 2.64. The number of hydrogen-bond acceptors (Lipinski definition) is 4. The Kier molecular flexibility index (Phi) is 3.44. The van der Waals surface area contributed by atoms with Gasteiger partial charge in [0.15, 0.2) is 0 Å². The predicted octanol–water partition coefficient (Wildman–Crippen LogP) is 3.20. The molecule has 0 unspecified atom stereocenters. The average Bonchev–Trinajstić information content (AvgIpc) is 3.05. The normalized spacial score (nSPS) is 20.5. The van der Waals surface area contributed by atoms with E-state index in [1.807, 2.05) is 13.0 Å². The molecule has 0 saturated heterocycles. The molecule has 1 N–H and O–H groups in total. The van der Waals surface area contributed by atoms with E-state index >= 15 is 0 Å². The summed E-state index contributed by atoms with van der Waals surface area (Å²) in [6.45, 7) is 1.94. The van der Waals surface area contributed by atoms with Crippen LogP contribution in [0.4, 0.5) is 5.69 Å². The third kappa shape index (κ3) is 2.54. The SMILES string of the molecule is COc1ncc(C)cc1NC(=O)[C@@H]1C[C@H]1c1ccsc1. The van der Waals surface area contributed by atoms with E-state index in [4.69, 9.17) is 4.74 Å². The highest BCUT2D eigenvalue weighted by Gasteiger charge is 2.44. The van der Waals surface area contributed by atoms with Gasteiger partial charge in [0, 0.05) is 12.1 Å². The van der Waals surface area contributed by atoms with E-state index < -0.39 is 0 Å². The number of carbonyl (C=O) groups excluding carboxylic acids is 1. The number of thiophene rings is 1. The molecule has 4 nitrogen and oxygen atoms in total. The molecule has 1 aliphatic rings. The van der Waals surface area contributed by atoms with Crippen LogP contribution < -0.4 is 10.1 Å². The zero-order chi connectivity index (χ0) is 14.1. The zero-order valence-corrected chi connectivity index (χ0v) is 12.2. The lowest BCUT2D eigenvalue weighted by Gasteiger charge is -2.09. The van der Waals surface area contributed by atoms with Gasteiger partial charge in [0.05, 0.1) is 7.11 Å². The van der Waals surface area contributed by atoms with Crippen LogP contribution in [0.2, 0.25) is 0 Å². The van der Waals surface area contributed by atoms with Gasteiger partial charge >= 0.3 is 0 Å². The fraction of sp³-hybridized carbons (Fsp3) is 0.333. The minimum Gasteiger partial charge on any atom is -0.480 e. The van der Waals surface area contributed by atoms with Crippen molar-refractivity contribution in [2.75, 3.05) is 12.4 Å². The number of hydrogen-bond donors (Lipinski definition) is 1. The second-order valence-electron chi connectivity index (χ2n) is 5.06. The molecule has 5 heteroatoms. The van der Waals surface area contributed by atoms with Crippen LogP contribution in [0.1, 0.15) is 23.5 Å². The first-order valence-electron chi connectivity index (χ1n) is 6.52. The number of ether oxygens (including phenoxy) is 1. The van der Waals surface area contributed by atoms with Crippen molar-refractivity contribution in [3.63, 3.8) is 0 Å². The van der Waals surface area contributed by atoms with Gasteiger partial charge in [-0.3, -0.25) is 4.79 Å². The van der Waals surface area contributed by atoms with E-state index in [9.17, 15) is 4.79 Å². The van der Waals surface area contributed by atoms with Crippen LogP contribution in [0, 0.1) is 12.8 Å². The van der Waals surface area contributed by atoms with Gasteiger partial charge in [-0.1, -0.05) is 0 Å². The van der Waals surface area contributed by atoms with Crippen LogP contribution in [0.15, 0.2) is 29.1 Å². The Bertz CT molecular complexity index is 625. The van der Waals surface area contributed by atoms with E-state index in [2.05, 4.69) is 27.1 Å². The molecule has 0 spiro atoms. The van der Waals surface area contributed by atoms with Crippen molar-refractivity contribution in [1.82, 2.24) is 4.98 Å². The summed E-state index contributed by atoms with van der Waals surface area (Å²) in [4.78, 5) is 16.4. The average molecular weight is 288 g/mol. The van der Waals surface area contributed by atoms with E-state index in [0.717, 1.165) is 12.0 Å². The number of methoxy groups -OCH3 is 1.